The maximum atomic E-state index is 14.7. The number of carbonyl (C=O) groups excluding carboxylic acids is 1. The summed E-state index contributed by atoms with van der Waals surface area (Å²) in [7, 11) is 1.19. The molecule has 1 N–H and O–H groups in total. The summed E-state index contributed by atoms with van der Waals surface area (Å²) in [6.45, 7) is 9.63. The zero-order valence-corrected chi connectivity index (χ0v) is 16.8. The van der Waals surface area contributed by atoms with Crippen molar-refractivity contribution in [1.29, 1.82) is 0 Å². The molecule has 0 aliphatic heterocycles. The lowest BCUT2D eigenvalue weighted by Crippen LogP contribution is -2.59. The minimum atomic E-state index is -1.69. The molecule has 0 saturated heterocycles. The standard InChI is InChI=1S/C17H25FN2O5S/c1-15(2,3)26(24)19-17(6,16(4,5)14(21)25-7)12-10-11(20(22)23)8-9-13(12)18/h8-10,19H,1-7H3/t17-,26-/m1/s1. The highest BCUT2D eigenvalue weighted by Gasteiger charge is 2.54. The highest BCUT2D eigenvalue weighted by atomic mass is 32.2. The van der Waals surface area contributed by atoms with E-state index in [9.17, 15) is 23.9 Å². The van der Waals surface area contributed by atoms with E-state index in [0.29, 0.717) is 0 Å². The first-order chi connectivity index (χ1) is 11.7. The third kappa shape index (κ3) is 4.16. The predicted octanol–water partition coefficient (Wildman–Crippen LogP) is 3.20. The maximum Gasteiger partial charge on any atom is 0.313 e. The molecule has 0 saturated carbocycles. The van der Waals surface area contributed by atoms with Gasteiger partial charge < -0.3 is 9.29 Å². The predicted molar refractivity (Wildman–Crippen MR) is 97.2 cm³/mol. The lowest BCUT2D eigenvalue weighted by molar-refractivity contribution is -0.385. The molecule has 26 heavy (non-hydrogen) atoms. The van der Waals surface area contributed by atoms with Crippen LogP contribution >= 0.6 is 0 Å². The van der Waals surface area contributed by atoms with E-state index in [1.807, 2.05) is 0 Å². The largest absolute Gasteiger partial charge is 0.598 e. The van der Waals surface area contributed by atoms with Crippen molar-refractivity contribution in [2.24, 2.45) is 5.41 Å². The number of hydrogen-bond acceptors (Lipinski definition) is 6. The molecule has 1 aromatic carbocycles. The average molecular weight is 388 g/mol. The highest BCUT2D eigenvalue weighted by Crippen LogP contribution is 2.43. The van der Waals surface area contributed by atoms with Crippen LogP contribution in [-0.4, -0.2) is 27.3 Å². The topological polar surface area (TPSA) is 105 Å². The highest BCUT2D eigenvalue weighted by molar-refractivity contribution is 7.90. The molecule has 1 aromatic rings. The fourth-order valence-electron chi connectivity index (χ4n) is 2.33. The molecule has 0 aliphatic carbocycles. The fraction of sp³-hybridized carbons (Fsp3) is 0.588. The summed E-state index contributed by atoms with van der Waals surface area (Å²) in [4.78, 5) is 22.9. The number of halogens is 1. The van der Waals surface area contributed by atoms with Gasteiger partial charge in [0.2, 0.25) is 0 Å². The van der Waals surface area contributed by atoms with Crippen LogP contribution in [0.4, 0.5) is 10.1 Å². The van der Waals surface area contributed by atoms with E-state index in [4.69, 9.17) is 4.74 Å². The molecule has 146 valence electrons. The number of hydrogen-bond donors (Lipinski definition) is 1. The van der Waals surface area contributed by atoms with Crippen LogP contribution in [0.2, 0.25) is 0 Å². The summed E-state index contributed by atoms with van der Waals surface area (Å²) in [5.74, 6) is -1.43. The van der Waals surface area contributed by atoms with Crippen molar-refractivity contribution in [3.05, 3.63) is 39.7 Å². The van der Waals surface area contributed by atoms with Gasteiger partial charge in [-0.25, -0.2) is 4.39 Å². The minimum Gasteiger partial charge on any atom is -0.598 e. The molecule has 7 nitrogen and oxygen atoms in total. The molecule has 1 rings (SSSR count). The van der Waals surface area contributed by atoms with Gasteiger partial charge in [0.25, 0.3) is 5.69 Å². The Morgan fingerprint density at radius 1 is 1.23 bits per heavy atom. The van der Waals surface area contributed by atoms with Crippen molar-refractivity contribution in [3.8, 4) is 0 Å². The van der Waals surface area contributed by atoms with Gasteiger partial charge in [0.1, 0.15) is 16.1 Å². The van der Waals surface area contributed by atoms with E-state index >= 15 is 0 Å². The summed E-state index contributed by atoms with van der Waals surface area (Å²) in [5, 5.41) is 11.1. The molecular formula is C17H25FN2O5S. The number of nitrogens with zero attached hydrogens (tertiary/aromatic N) is 1. The number of nitro groups is 1. The summed E-state index contributed by atoms with van der Waals surface area (Å²) in [5.41, 5.74) is -3.41. The van der Waals surface area contributed by atoms with Crippen LogP contribution in [0.25, 0.3) is 0 Å². The second-order valence-electron chi connectivity index (χ2n) is 7.65. The number of rotatable bonds is 6. The molecule has 9 heteroatoms. The third-order valence-electron chi connectivity index (χ3n) is 4.50. The normalized spacial score (nSPS) is 15.9. The number of nitrogens with one attached hydrogen (secondary N) is 1. The second kappa shape index (κ2) is 7.50. The van der Waals surface area contributed by atoms with Crippen molar-refractivity contribution in [2.45, 2.75) is 51.8 Å². The lowest BCUT2D eigenvalue weighted by Gasteiger charge is -2.43. The van der Waals surface area contributed by atoms with Crippen molar-refractivity contribution in [3.63, 3.8) is 0 Å². The Balaban J connectivity index is 3.68. The van der Waals surface area contributed by atoms with E-state index < -0.39 is 43.8 Å². The first kappa shape index (κ1) is 22.3. The van der Waals surface area contributed by atoms with Crippen molar-refractivity contribution < 1.29 is 23.4 Å². The molecule has 0 fully saturated rings. The molecule has 0 unspecified atom stereocenters. The van der Waals surface area contributed by atoms with Crippen LogP contribution in [0.15, 0.2) is 18.2 Å². The van der Waals surface area contributed by atoms with Crippen LogP contribution in [0.1, 0.15) is 47.1 Å². The van der Waals surface area contributed by atoms with Crippen molar-refractivity contribution >= 4 is 23.0 Å². The van der Waals surface area contributed by atoms with E-state index in [-0.39, 0.29) is 11.3 Å². The molecule has 0 aromatic heterocycles. The Hall–Kier alpha value is -1.71. The number of ether oxygens (including phenoxy) is 1. The molecule has 0 bridgehead atoms. The van der Waals surface area contributed by atoms with Gasteiger partial charge in [-0.3, -0.25) is 14.9 Å². The van der Waals surface area contributed by atoms with Gasteiger partial charge in [0.05, 0.1) is 17.4 Å². The molecule has 0 aliphatic rings. The molecular weight excluding hydrogens is 363 g/mol. The number of methoxy groups -OCH3 is 1. The second-order valence-corrected chi connectivity index (χ2v) is 9.61. The van der Waals surface area contributed by atoms with Gasteiger partial charge in [-0.05, 0) is 47.6 Å². The Morgan fingerprint density at radius 2 is 1.77 bits per heavy atom. The molecule has 0 amide bonds. The van der Waals surface area contributed by atoms with Crippen LogP contribution in [0.3, 0.4) is 0 Å². The van der Waals surface area contributed by atoms with E-state index in [1.54, 1.807) is 20.8 Å². The SMILES string of the molecule is COC(=O)C(C)(C)[C@](C)(N[S@+]([O-])C(C)(C)C)c1cc([N+](=O)[O-])ccc1F. The van der Waals surface area contributed by atoms with E-state index in [1.165, 1.54) is 27.9 Å². The Labute approximate surface area is 155 Å². The summed E-state index contributed by atoms with van der Waals surface area (Å²) >= 11 is -1.69. The van der Waals surface area contributed by atoms with Gasteiger partial charge in [0.15, 0.2) is 0 Å². The van der Waals surface area contributed by atoms with Crippen molar-refractivity contribution in [2.75, 3.05) is 7.11 Å². The maximum absolute atomic E-state index is 14.7. The van der Waals surface area contributed by atoms with E-state index in [0.717, 1.165) is 18.2 Å². The fourth-order valence-corrected chi connectivity index (χ4v) is 3.37. The lowest BCUT2D eigenvalue weighted by atomic mass is 9.69. The van der Waals surface area contributed by atoms with Gasteiger partial charge in [0, 0.05) is 29.1 Å². The number of non-ortho nitro benzene ring substituents is 1. The monoisotopic (exact) mass is 388 g/mol. The van der Waals surface area contributed by atoms with Gasteiger partial charge in [-0.1, -0.05) is 0 Å². The first-order valence-corrected chi connectivity index (χ1v) is 9.06. The number of nitro benzene ring substituents is 1. The summed E-state index contributed by atoms with van der Waals surface area (Å²) in [6, 6.07) is 3.04. The number of benzene rings is 1. The Bertz CT molecular complexity index is 705. The van der Waals surface area contributed by atoms with Gasteiger partial charge in [-0.2, -0.15) is 0 Å². The van der Waals surface area contributed by atoms with Crippen LogP contribution < -0.4 is 4.72 Å². The third-order valence-corrected chi connectivity index (χ3v) is 6.20. The number of esters is 1. The van der Waals surface area contributed by atoms with Gasteiger partial charge in [-0.15, -0.1) is 4.72 Å². The van der Waals surface area contributed by atoms with Crippen LogP contribution in [0, 0.1) is 21.3 Å². The quantitative estimate of drug-likeness (QED) is 0.347. The number of carbonyl (C=O) groups is 1. The molecule has 0 heterocycles. The van der Waals surface area contributed by atoms with Gasteiger partial charge >= 0.3 is 5.97 Å². The first-order valence-electron chi connectivity index (χ1n) is 7.91. The molecule has 2 atom stereocenters. The Kier molecular flexibility index (Phi) is 6.44. The zero-order chi connectivity index (χ0) is 20.5. The van der Waals surface area contributed by atoms with Crippen molar-refractivity contribution in [1.82, 2.24) is 4.72 Å². The van der Waals surface area contributed by atoms with Crippen LogP contribution in [-0.2, 0) is 26.4 Å². The Morgan fingerprint density at radius 3 is 2.19 bits per heavy atom. The molecule has 0 spiro atoms. The van der Waals surface area contributed by atoms with E-state index in [2.05, 4.69) is 4.72 Å². The average Bonchev–Trinajstić information content (AvgIpc) is 2.52. The summed E-state index contributed by atoms with van der Waals surface area (Å²) < 4.78 is 34.3. The summed E-state index contributed by atoms with van der Waals surface area (Å²) in [6.07, 6.45) is 0. The zero-order valence-electron chi connectivity index (χ0n) is 16.0. The smallest absolute Gasteiger partial charge is 0.313 e. The molecule has 0 radical (unpaired) electrons. The minimum absolute atomic E-state index is 0.139. The van der Waals surface area contributed by atoms with Crippen LogP contribution in [0.5, 0.6) is 0 Å².